The monoisotopic (exact) mass is 566 g/mol. The molecule has 0 radical (unpaired) electrons. The fourth-order valence-corrected chi connectivity index (χ4v) is 6.81. The van der Waals surface area contributed by atoms with Crippen molar-refractivity contribution in [3.05, 3.63) is 87.0 Å². The lowest BCUT2D eigenvalue weighted by atomic mass is 9.67. The van der Waals surface area contributed by atoms with Crippen LogP contribution >= 0.6 is 23.2 Å². The van der Waals surface area contributed by atoms with Crippen LogP contribution in [0.2, 0.25) is 10.0 Å². The topological polar surface area (TPSA) is 88.5 Å². The largest absolute Gasteiger partial charge is 0.478 e. The molecule has 2 aromatic carbocycles. The molecule has 1 aromatic heterocycles. The first kappa shape index (κ1) is 27.6. The molecule has 1 heterocycles. The van der Waals surface area contributed by atoms with Gasteiger partial charge in [-0.15, -0.1) is 0 Å². The molecule has 8 heteroatoms. The highest BCUT2D eigenvalue weighted by atomic mass is 35.5. The molecule has 0 saturated heterocycles. The zero-order chi connectivity index (χ0) is 28.3. The minimum absolute atomic E-state index is 0.0844. The lowest BCUT2D eigenvalue weighted by molar-refractivity contribution is -0.130. The van der Waals surface area contributed by atoms with Gasteiger partial charge in [-0.3, -0.25) is 10.1 Å². The number of nitrogens with one attached hydrogen (secondary N) is 1. The van der Waals surface area contributed by atoms with E-state index in [2.05, 4.69) is 24.1 Å². The van der Waals surface area contributed by atoms with Crippen LogP contribution in [0.5, 0.6) is 11.6 Å². The van der Waals surface area contributed by atoms with E-state index in [4.69, 9.17) is 27.9 Å². The Labute approximate surface area is 238 Å². The van der Waals surface area contributed by atoms with E-state index in [1.165, 1.54) is 6.20 Å². The van der Waals surface area contributed by atoms with Gasteiger partial charge in [0.05, 0.1) is 21.5 Å². The number of carboxylic acids is 1. The number of aromatic nitrogens is 1. The van der Waals surface area contributed by atoms with Gasteiger partial charge in [-0.1, -0.05) is 55.2 Å². The maximum absolute atomic E-state index is 14.7. The number of nitrogens with zero attached hydrogens (tertiary/aromatic N) is 1. The number of rotatable bonds is 7. The standard InChI is InChI=1S/C31H32Cl2N2O4/c1-17-6-11-22(15-24(17)33)39-26-23(14-21(32)16-34-26)30(5)13-12-25-29(3,4)31(25,28(30)38)35-18(2)19-7-9-20(10-8-19)27(36)37/h6-11,14-16,18,25,35H,12-13H2,1-5H3,(H,36,37)/t18-,25?,30?,31?/m0/s1. The third-order valence-electron chi connectivity index (χ3n) is 8.99. The Balaban J connectivity index is 1.50. The van der Waals surface area contributed by atoms with Gasteiger partial charge in [0, 0.05) is 22.8 Å². The molecule has 2 N–H and O–H groups in total. The predicted molar refractivity (Wildman–Crippen MR) is 152 cm³/mol. The molecule has 204 valence electrons. The number of aromatic carboxylic acids is 1. The number of carbonyl (C=O) groups is 2. The Morgan fingerprint density at radius 3 is 2.46 bits per heavy atom. The number of fused-ring (bicyclic) bond motifs is 1. The first-order valence-electron chi connectivity index (χ1n) is 13.1. The molecule has 39 heavy (non-hydrogen) atoms. The van der Waals surface area contributed by atoms with Crippen molar-refractivity contribution < 1.29 is 19.4 Å². The van der Waals surface area contributed by atoms with Crippen LogP contribution in [-0.4, -0.2) is 27.4 Å². The van der Waals surface area contributed by atoms with Crippen molar-refractivity contribution in [1.29, 1.82) is 0 Å². The van der Waals surface area contributed by atoms with Crippen LogP contribution in [0.1, 0.15) is 73.6 Å². The molecule has 5 rings (SSSR count). The van der Waals surface area contributed by atoms with E-state index in [1.54, 1.807) is 36.4 Å². The Morgan fingerprint density at radius 1 is 1.13 bits per heavy atom. The summed E-state index contributed by atoms with van der Waals surface area (Å²) in [5.41, 5.74) is 0.798. The first-order chi connectivity index (χ1) is 18.3. The number of hydrogen-bond donors (Lipinski definition) is 2. The third-order valence-corrected chi connectivity index (χ3v) is 9.60. The number of halogens is 2. The molecule has 6 nitrogen and oxygen atoms in total. The van der Waals surface area contributed by atoms with Crippen molar-refractivity contribution in [2.24, 2.45) is 11.3 Å². The van der Waals surface area contributed by atoms with Gasteiger partial charge in [0.2, 0.25) is 5.88 Å². The van der Waals surface area contributed by atoms with Crippen LogP contribution in [0.3, 0.4) is 0 Å². The molecule has 2 aliphatic rings. The van der Waals surface area contributed by atoms with Crippen molar-refractivity contribution in [3.63, 3.8) is 0 Å². The Morgan fingerprint density at radius 2 is 1.82 bits per heavy atom. The average molecular weight is 568 g/mol. The summed E-state index contributed by atoms with van der Waals surface area (Å²) in [6.07, 6.45) is 3.00. The highest BCUT2D eigenvalue weighted by molar-refractivity contribution is 6.31. The minimum atomic E-state index is -0.969. The number of Topliss-reactive ketones (excluding diaryl/α,β-unsaturated/α-hetero) is 1. The molecule has 3 aromatic rings. The van der Waals surface area contributed by atoms with Crippen molar-refractivity contribution >= 4 is 35.0 Å². The van der Waals surface area contributed by atoms with Crippen LogP contribution in [0.4, 0.5) is 0 Å². The summed E-state index contributed by atoms with van der Waals surface area (Å²) in [5.74, 6) is 0.146. The average Bonchev–Trinajstić information content (AvgIpc) is 3.38. The van der Waals surface area contributed by atoms with Crippen molar-refractivity contribution in [2.75, 3.05) is 0 Å². The summed E-state index contributed by atoms with van der Waals surface area (Å²) in [6.45, 7) is 10.2. The van der Waals surface area contributed by atoms with E-state index in [0.29, 0.717) is 33.7 Å². The lowest BCUT2D eigenvalue weighted by Crippen LogP contribution is -2.55. The van der Waals surface area contributed by atoms with E-state index < -0.39 is 16.9 Å². The van der Waals surface area contributed by atoms with Crippen LogP contribution in [0.25, 0.3) is 0 Å². The normalized spacial score (nSPS) is 26.0. The van der Waals surface area contributed by atoms with Crippen molar-refractivity contribution in [1.82, 2.24) is 10.3 Å². The van der Waals surface area contributed by atoms with E-state index in [1.807, 2.05) is 32.9 Å². The Hall–Kier alpha value is -2.93. The number of hydrogen-bond acceptors (Lipinski definition) is 5. The highest BCUT2D eigenvalue weighted by Crippen LogP contribution is 2.70. The van der Waals surface area contributed by atoms with Gasteiger partial charge in [-0.25, -0.2) is 9.78 Å². The summed E-state index contributed by atoms with van der Waals surface area (Å²) in [5, 5.41) is 14.0. The number of pyridine rings is 1. The summed E-state index contributed by atoms with van der Waals surface area (Å²) in [7, 11) is 0. The molecule has 0 amide bonds. The van der Waals surface area contributed by atoms with E-state index in [0.717, 1.165) is 17.5 Å². The molecule has 2 fully saturated rings. The zero-order valence-corrected chi connectivity index (χ0v) is 24.2. The number of benzene rings is 2. The smallest absolute Gasteiger partial charge is 0.335 e. The van der Waals surface area contributed by atoms with E-state index in [9.17, 15) is 14.7 Å². The lowest BCUT2D eigenvalue weighted by Gasteiger charge is -2.39. The molecule has 2 aliphatic carbocycles. The van der Waals surface area contributed by atoms with Gasteiger partial charge in [0.15, 0.2) is 5.78 Å². The quantitative estimate of drug-likeness (QED) is 0.307. The van der Waals surface area contributed by atoms with E-state index in [-0.39, 0.29) is 28.7 Å². The van der Waals surface area contributed by atoms with Crippen molar-refractivity contribution in [3.8, 4) is 11.6 Å². The summed E-state index contributed by atoms with van der Waals surface area (Å²) >= 11 is 12.8. The predicted octanol–water partition coefficient (Wildman–Crippen LogP) is 7.55. The number of carboxylic acid groups (broad SMARTS) is 1. The number of aryl methyl sites for hydroxylation is 1. The minimum Gasteiger partial charge on any atom is -0.478 e. The van der Waals surface area contributed by atoms with Crippen LogP contribution in [0, 0.1) is 18.3 Å². The van der Waals surface area contributed by atoms with Crippen LogP contribution < -0.4 is 10.1 Å². The maximum atomic E-state index is 14.7. The molecule has 0 bridgehead atoms. The fraction of sp³-hybridized carbons (Fsp3) is 0.387. The molecule has 0 aliphatic heterocycles. The summed E-state index contributed by atoms with van der Waals surface area (Å²) < 4.78 is 6.21. The molecule has 4 atom stereocenters. The second kappa shape index (κ2) is 9.61. The molecular weight excluding hydrogens is 535 g/mol. The summed E-state index contributed by atoms with van der Waals surface area (Å²) in [4.78, 5) is 30.5. The van der Waals surface area contributed by atoms with Crippen molar-refractivity contribution in [2.45, 2.75) is 64.5 Å². The summed E-state index contributed by atoms with van der Waals surface area (Å²) in [6, 6.07) is 13.8. The Bertz CT molecular complexity index is 1470. The third kappa shape index (κ3) is 4.43. The number of carbonyl (C=O) groups excluding carboxylic acids is 1. The maximum Gasteiger partial charge on any atom is 0.335 e. The second-order valence-corrected chi connectivity index (χ2v) is 12.4. The van der Waals surface area contributed by atoms with Gasteiger partial charge in [0.1, 0.15) is 5.75 Å². The van der Waals surface area contributed by atoms with Gasteiger partial charge in [0.25, 0.3) is 0 Å². The number of ether oxygens (including phenoxy) is 1. The van der Waals surface area contributed by atoms with E-state index >= 15 is 0 Å². The van der Waals surface area contributed by atoms with Gasteiger partial charge >= 0.3 is 5.97 Å². The Kier molecular flexibility index (Phi) is 6.81. The van der Waals surface area contributed by atoms with Crippen LogP contribution in [0.15, 0.2) is 54.7 Å². The number of ketones is 1. The SMILES string of the molecule is Cc1ccc(Oc2ncc(Cl)cc2C2(C)CCC3C(C)(C)C3(N[C@@H](C)c3ccc(C(=O)O)cc3)C2=O)cc1Cl. The zero-order valence-electron chi connectivity index (χ0n) is 22.6. The first-order valence-corrected chi connectivity index (χ1v) is 13.8. The molecule has 2 saturated carbocycles. The highest BCUT2D eigenvalue weighted by Gasteiger charge is 2.79. The molecule has 0 spiro atoms. The second-order valence-electron chi connectivity index (χ2n) is 11.6. The van der Waals surface area contributed by atoms with Gasteiger partial charge < -0.3 is 9.84 Å². The van der Waals surface area contributed by atoms with Crippen LogP contribution in [-0.2, 0) is 10.2 Å². The van der Waals surface area contributed by atoms with Gasteiger partial charge in [-0.2, -0.15) is 0 Å². The molecular formula is C31H32Cl2N2O4. The van der Waals surface area contributed by atoms with Gasteiger partial charge in [-0.05, 0) is 86.4 Å². The fourth-order valence-electron chi connectivity index (χ4n) is 6.48. The molecule has 3 unspecified atom stereocenters.